The van der Waals surface area contributed by atoms with E-state index >= 15 is 0 Å². The van der Waals surface area contributed by atoms with Gasteiger partial charge in [-0.15, -0.1) is 0 Å². The van der Waals surface area contributed by atoms with E-state index in [4.69, 9.17) is 9.47 Å². The highest BCUT2D eigenvalue weighted by atomic mass is 32.2. The first kappa shape index (κ1) is 25.7. The number of imide groups is 1. The Balaban J connectivity index is 1.24. The lowest BCUT2D eigenvalue weighted by Gasteiger charge is -2.18. The van der Waals surface area contributed by atoms with Crippen LogP contribution in [0.4, 0.5) is 18.0 Å². The van der Waals surface area contributed by atoms with E-state index in [1.165, 1.54) is 12.1 Å². The predicted octanol–water partition coefficient (Wildman–Crippen LogP) is 6.25. The topological polar surface area (TPSA) is 82.5 Å². The standard InChI is InChI=1S/C27H22F3N3O4S/c1-26(24(34)32-25(35)38-26)14-16-3-7-18(8-4-16)36-15-23-31-21-12-11-20(13-22(21)33(23)2)37-19-9-5-17(6-10-19)27(28,29)30/h3-13H,14-15H2,1-2H3,(H,32,34,35). The zero-order valence-electron chi connectivity index (χ0n) is 20.3. The number of aryl methyl sites for hydroxylation is 1. The first-order valence-electron chi connectivity index (χ1n) is 11.6. The molecule has 0 bridgehead atoms. The summed E-state index contributed by atoms with van der Waals surface area (Å²) in [6.07, 6.45) is -3.99. The monoisotopic (exact) mass is 541 g/mol. The molecule has 38 heavy (non-hydrogen) atoms. The van der Waals surface area contributed by atoms with Crippen molar-refractivity contribution in [3.63, 3.8) is 0 Å². The summed E-state index contributed by atoms with van der Waals surface area (Å²) in [5.74, 6) is 1.76. The third-order valence-electron chi connectivity index (χ3n) is 6.21. The Morgan fingerprint density at radius 1 is 0.974 bits per heavy atom. The highest BCUT2D eigenvalue weighted by molar-refractivity contribution is 8.16. The predicted molar refractivity (Wildman–Crippen MR) is 136 cm³/mol. The van der Waals surface area contributed by atoms with Crippen molar-refractivity contribution in [1.82, 2.24) is 14.9 Å². The maximum atomic E-state index is 12.8. The van der Waals surface area contributed by atoms with E-state index in [9.17, 15) is 22.8 Å². The number of imidazole rings is 1. The lowest BCUT2D eigenvalue weighted by atomic mass is 9.99. The Bertz CT molecular complexity index is 1520. The van der Waals surface area contributed by atoms with Crippen LogP contribution in [-0.4, -0.2) is 25.4 Å². The van der Waals surface area contributed by atoms with E-state index < -0.39 is 16.5 Å². The molecule has 1 fully saturated rings. The first-order chi connectivity index (χ1) is 18.0. The SMILES string of the molecule is Cn1c(COc2ccc(CC3(C)SC(=O)NC3=O)cc2)nc2ccc(Oc3ccc(C(F)(F)F)cc3)cc21. The van der Waals surface area contributed by atoms with Gasteiger partial charge in [0.2, 0.25) is 5.91 Å². The number of thioether (sulfide) groups is 1. The largest absolute Gasteiger partial charge is 0.486 e. The van der Waals surface area contributed by atoms with Gasteiger partial charge >= 0.3 is 6.18 Å². The van der Waals surface area contributed by atoms with E-state index in [0.29, 0.717) is 29.5 Å². The van der Waals surface area contributed by atoms with Crippen LogP contribution in [-0.2, 0) is 31.0 Å². The molecule has 1 unspecified atom stereocenters. The van der Waals surface area contributed by atoms with Gasteiger partial charge in [-0.05, 0) is 79.2 Å². The Kier molecular flexibility index (Phi) is 6.56. The molecular weight excluding hydrogens is 519 g/mol. The van der Waals surface area contributed by atoms with Gasteiger partial charge in [-0.1, -0.05) is 12.1 Å². The molecule has 5 rings (SSSR count). The van der Waals surface area contributed by atoms with Gasteiger partial charge in [-0.3, -0.25) is 14.9 Å². The molecule has 4 aromatic rings. The molecule has 2 amide bonds. The molecule has 0 radical (unpaired) electrons. The third kappa shape index (κ3) is 5.33. The van der Waals surface area contributed by atoms with Gasteiger partial charge in [0.05, 0.1) is 16.6 Å². The van der Waals surface area contributed by atoms with Crippen molar-refractivity contribution in [3.8, 4) is 17.2 Å². The maximum absolute atomic E-state index is 12.8. The molecule has 196 valence electrons. The highest BCUT2D eigenvalue weighted by Gasteiger charge is 2.43. The second-order valence-electron chi connectivity index (χ2n) is 9.05. The molecule has 3 aromatic carbocycles. The number of halogens is 3. The number of hydrogen-bond donors (Lipinski definition) is 1. The summed E-state index contributed by atoms with van der Waals surface area (Å²) in [5, 5.41) is 1.99. The summed E-state index contributed by atoms with van der Waals surface area (Å²) in [6, 6.07) is 17.1. The van der Waals surface area contributed by atoms with E-state index in [2.05, 4.69) is 10.3 Å². The highest BCUT2D eigenvalue weighted by Crippen LogP contribution is 2.35. The number of amides is 2. The molecule has 1 atom stereocenters. The molecular formula is C27H22F3N3O4S. The molecule has 1 N–H and O–H groups in total. The van der Waals surface area contributed by atoms with Crippen molar-refractivity contribution < 1.29 is 32.2 Å². The van der Waals surface area contributed by atoms with E-state index in [1.54, 1.807) is 37.3 Å². The molecule has 0 spiro atoms. The van der Waals surface area contributed by atoms with Crippen LogP contribution >= 0.6 is 11.8 Å². The van der Waals surface area contributed by atoms with E-state index in [1.807, 2.05) is 23.7 Å². The Morgan fingerprint density at radius 2 is 1.63 bits per heavy atom. The van der Waals surface area contributed by atoms with Crippen LogP contribution in [0.3, 0.4) is 0 Å². The van der Waals surface area contributed by atoms with Crippen LogP contribution < -0.4 is 14.8 Å². The number of benzene rings is 3. The number of aromatic nitrogens is 2. The minimum Gasteiger partial charge on any atom is -0.486 e. The Hall–Kier alpha value is -3.99. The van der Waals surface area contributed by atoms with Crippen LogP contribution in [0.1, 0.15) is 23.9 Å². The van der Waals surface area contributed by atoms with Crippen molar-refractivity contribution in [1.29, 1.82) is 0 Å². The average Bonchev–Trinajstić information content (AvgIpc) is 3.31. The smallest absolute Gasteiger partial charge is 0.416 e. The summed E-state index contributed by atoms with van der Waals surface area (Å²) in [7, 11) is 1.84. The molecule has 2 heterocycles. The van der Waals surface area contributed by atoms with Crippen LogP contribution in [0.5, 0.6) is 17.2 Å². The minimum absolute atomic E-state index is 0.199. The zero-order chi connectivity index (χ0) is 27.1. The van der Waals surface area contributed by atoms with Gasteiger partial charge < -0.3 is 14.0 Å². The number of nitrogens with one attached hydrogen (secondary N) is 1. The number of hydrogen-bond acceptors (Lipinski definition) is 6. The molecule has 7 nitrogen and oxygen atoms in total. The summed E-state index contributed by atoms with van der Waals surface area (Å²) in [5.41, 5.74) is 1.66. The maximum Gasteiger partial charge on any atom is 0.416 e. The van der Waals surface area contributed by atoms with Crippen molar-refractivity contribution >= 4 is 33.9 Å². The number of rotatable bonds is 7. The number of alkyl halides is 3. The molecule has 1 aromatic heterocycles. The number of carbonyl (C=O) groups excluding carboxylic acids is 2. The summed E-state index contributed by atoms with van der Waals surface area (Å²) in [4.78, 5) is 28.2. The first-order valence-corrected chi connectivity index (χ1v) is 12.4. The molecule has 1 aliphatic rings. The van der Waals surface area contributed by atoms with Crippen molar-refractivity contribution in [2.45, 2.75) is 30.9 Å². The van der Waals surface area contributed by atoms with E-state index in [0.717, 1.165) is 40.5 Å². The van der Waals surface area contributed by atoms with Crippen LogP contribution in [0.15, 0.2) is 66.7 Å². The lowest BCUT2D eigenvalue weighted by molar-refractivity contribution is -0.137. The van der Waals surface area contributed by atoms with Crippen LogP contribution in [0.2, 0.25) is 0 Å². The van der Waals surface area contributed by atoms with Crippen LogP contribution in [0.25, 0.3) is 11.0 Å². The quantitative estimate of drug-likeness (QED) is 0.298. The molecule has 0 aliphatic carbocycles. The Morgan fingerprint density at radius 3 is 2.26 bits per heavy atom. The normalized spacial score (nSPS) is 17.6. The van der Waals surface area contributed by atoms with E-state index in [-0.39, 0.29) is 17.8 Å². The number of carbonyl (C=O) groups is 2. The fourth-order valence-corrected chi connectivity index (χ4v) is 5.05. The summed E-state index contributed by atoms with van der Waals surface area (Å²) >= 11 is 0.997. The van der Waals surface area contributed by atoms with Crippen LogP contribution in [0, 0.1) is 0 Å². The molecule has 1 aliphatic heterocycles. The minimum atomic E-state index is -4.40. The van der Waals surface area contributed by atoms with Crippen molar-refractivity contribution in [2.24, 2.45) is 7.05 Å². The van der Waals surface area contributed by atoms with Crippen molar-refractivity contribution in [2.75, 3.05) is 0 Å². The number of fused-ring (bicyclic) bond motifs is 1. The summed E-state index contributed by atoms with van der Waals surface area (Å²) in [6.45, 7) is 1.94. The average molecular weight is 542 g/mol. The Labute approximate surface area is 219 Å². The van der Waals surface area contributed by atoms with Gasteiger partial charge in [0, 0.05) is 13.1 Å². The fraction of sp³-hybridized carbons (Fsp3) is 0.222. The van der Waals surface area contributed by atoms with Crippen molar-refractivity contribution in [3.05, 3.63) is 83.7 Å². The second-order valence-corrected chi connectivity index (χ2v) is 10.5. The molecule has 11 heteroatoms. The van der Waals surface area contributed by atoms with Gasteiger partial charge in [0.25, 0.3) is 5.24 Å². The summed E-state index contributed by atoms with van der Waals surface area (Å²) < 4.78 is 51.0. The molecule has 0 saturated carbocycles. The number of nitrogens with zero attached hydrogens (tertiary/aromatic N) is 2. The fourth-order valence-electron chi connectivity index (χ4n) is 4.12. The second kappa shape index (κ2) is 9.71. The molecule has 1 saturated heterocycles. The van der Waals surface area contributed by atoms with Gasteiger partial charge in [-0.25, -0.2) is 4.98 Å². The lowest BCUT2D eigenvalue weighted by Crippen LogP contribution is -2.35. The van der Waals surface area contributed by atoms with Gasteiger partial charge in [-0.2, -0.15) is 13.2 Å². The number of ether oxygens (including phenoxy) is 2. The zero-order valence-corrected chi connectivity index (χ0v) is 21.2. The van der Waals surface area contributed by atoms with Gasteiger partial charge in [0.15, 0.2) is 0 Å². The third-order valence-corrected chi connectivity index (χ3v) is 7.28. The van der Waals surface area contributed by atoms with Gasteiger partial charge in [0.1, 0.15) is 34.4 Å².